The van der Waals surface area contributed by atoms with Gasteiger partial charge in [0.2, 0.25) is 11.8 Å². The van der Waals surface area contributed by atoms with Crippen LogP contribution in [0.3, 0.4) is 0 Å². The summed E-state index contributed by atoms with van der Waals surface area (Å²) < 4.78 is 0. The minimum absolute atomic E-state index is 0.0896. The van der Waals surface area contributed by atoms with Crippen LogP contribution in [0.1, 0.15) is 27.9 Å². The van der Waals surface area contributed by atoms with Crippen LogP contribution in [0.5, 0.6) is 0 Å². The van der Waals surface area contributed by atoms with E-state index >= 15 is 0 Å². The highest BCUT2D eigenvalue weighted by Gasteiger charge is 2.35. The Hall–Kier alpha value is -3.15. The standard InChI is InChI=1S/C20H21N3O3/c1-13-7-6-10-17(14(13)2)23-12-16(11-18(23)24)20(26)22-21-19(25)15-8-4-3-5-9-15/h3-10,16H,11-12H2,1-2H3,(H,21,25)(H,22,26). The lowest BCUT2D eigenvalue weighted by Crippen LogP contribution is -2.45. The van der Waals surface area contributed by atoms with Crippen LogP contribution >= 0.6 is 0 Å². The van der Waals surface area contributed by atoms with Crippen molar-refractivity contribution in [1.29, 1.82) is 0 Å². The Morgan fingerprint density at radius 2 is 1.73 bits per heavy atom. The lowest BCUT2D eigenvalue weighted by Gasteiger charge is -2.20. The Morgan fingerprint density at radius 1 is 1.00 bits per heavy atom. The van der Waals surface area contributed by atoms with Crippen molar-refractivity contribution in [1.82, 2.24) is 10.9 Å². The number of hydrogen-bond donors (Lipinski definition) is 2. The molecule has 26 heavy (non-hydrogen) atoms. The summed E-state index contributed by atoms with van der Waals surface area (Å²) in [5.41, 5.74) is 8.23. The van der Waals surface area contributed by atoms with Gasteiger partial charge in [0.1, 0.15) is 0 Å². The zero-order valence-corrected chi connectivity index (χ0v) is 14.8. The van der Waals surface area contributed by atoms with E-state index in [1.165, 1.54) is 0 Å². The van der Waals surface area contributed by atoms with Gasteiger partial charge in [0.05, 0.1) is 5.92 Å². The molecule has 1 fully saturated rings. The van der Waals surface area contributed by atoms with Crippen molar-refractivity contribution >= 4 is 23.4 Å². The Kier molecular flexibility index (Phi) is 5.02. The van der Waals surface area contributed by atoms with Crippen LogP contribution in [0.25, 0.3) is 0 Å². The molecule has 0 aliphatic carbocycles. The largest absolute Gasteiger partial charge is 0.311 e. The molecule has 1 heterocycles. The monoisotopic (exact) mass is 351 g/mol. The number of anilines is 1. The molecule has 134 valence electrons. The first-order valence-electron chi connectivity index (χ1n) is 8.49. The van der Waals surface area contributed by atoms with Crippen molar-refractivity contribution in [3.63, 3.8) is 0 Å². The number of rotatable bonds is 3. The van der Waals surface area contributed by atoms with Crippen molar-refractivity contribution in [3.05, 3.63) is 65.2 Å². The van der Waals surface area contributed by atoms with Crippen molar-refractivity contribution < 1.29 is 14.4 Å². The van der Waals surface area contributed by atoms with Gasteiger partial charge in [-0.2, -0.15) is 0 Å². The number of aryl methyl sites for hydroxylation is 1. The second kappa shape index (κ2) is 7.39. The van der Waals surface area contributed by atoms with E-state index < -0.39 is 11.8 Å². The Morgan fingerprint density at radius 3 is 2.46 bits per heavy atom. The average Bonchev–Trinajstić information content (AvgIpc) is 3.04. The summed E-state index contributed by atoms with van der Waals surface area (Å²) in [6.45, 7) is 4.25. The first kappa shape index (κ1) is 17.7. The molecule has 1 saturated heterocycles. The summed E-state index contributed by atoms with van der Waals surface area (Å²) in [4.78, 5) is 38.4. The molecular weight excluding hydrogens is 330 g/mol. The van der Waals surface area contributed by atoms with Crippen LogP contribution in [0.4, 0.5) is 5.69 Å². The molecule has 2 aromatic carbocycles. The quantitative estimate of drug-likeness (QED) is 0.832. The molecule has 1 unspecified atom stereocenters. The van der Waals surface area contributed by atoms with Crippen molar-refractivity contribution in [2.45, 2.75) is 20.3 Å². The minimum Gasteiger partial charge on any atom is -0.311 e. The SMILES string of the molecule is Cc1cccc(N2CC(C(=O)NNC(=O)c3ccccc3)CC2=O)c1C. The Balaban J connectivity index is 1.62. The molecule has 3 amide bonds. The number of carbonyl (C=O) groups excluding carboxylic acids is 3. The zero-order chi connectivity index (χ0) is 18.7. The van der Waals surface area contributed by atoms with Gasteiger partial charge in [-0.1, -0.05) is 30.3 Å². The molecule has 2 aromatic rings. The van der Waals surface area contributed by atoms with E-state index in [9.17, 15) is 14.4 Å². The van der Waals surface area contributed by atoms with E-state index in [2.05, 4.69) is 10.9 Å². The highest BCUT2D eigenvalue weighted by molar-refractivity contribution is 6.01. The van der Waals surface area contributed by atoms with Crippen molar-refractivity contribution in [2.75, 3.05) is 11.4 Å². The predicted octanol–water partition coefficient (Wildman–Crippen LogP) is 2.12. The summed E-state index contributed by atoms with van der Waals surface area (Å²) >= 11 is 0. The number of nitrogens with one attached hydrogen (secondary N) is 2. The molecule has 2 N–H and O–H groups in total. The van der Waals surface area contributed by atoms with Crippen molar-refractivity contribution in [2.24, 2.45) is 5.92 Å². The summed E-state index contributed by atoms with van der Waals surface area (Å²) in [6, 6.07) is 14.4. The molecule has 0 radical (unpaired) electrons. The molecule has 3 rings (SSSR count). The summed E-state index contributed by atoms with van der Waals surface area (Å²) in [5.74, 6) is -1.35. The maximum absolute atomic E-state index is 12.4. The van der Waals surface area contributed by atoms with E-state index in [-0.39, 0.29) is 18.2 Å². The Labute approximate surface area is 152 Å². The van der Waals surface area contributed by atoms with Gasteiger partial charge in [-0.05, 0) is 43.2 Å². The molecule has 1 aliphatic heterocycles. The summed E-state index contributed by atoms with van der Waals surface area (Å²) in [5, 5.41) is 0. The van der Waals surface area contributed by atoms with Crippen LogP contribution in [-0.2, 0) is 9.59 Å². The second-order valence-electron chi connectivity index (χ2n) is 6.43. The molecule has 6 nitrogen and oxygen atoms in total. The fourth-order valence-electron chi connectivity index (χ4n) is 3.03. The molecule has 0 aromatic heterocycles. The van der Waals surface area contributed by atoms with Gasteiger partial charge in [0.15, 0.2) is 0 Å². The van der Waals surface area contributed by atoms with Gasteiger partial charge in [0, 0.05) is 24.2 Å². The number of hydrazine groups is 1. The number of carbonyl (C=O) groups is 3. The van der Waals surface area contributed by atoms with Crippen LogP contribution in [0, 0.1) is 19.8 Å². The fourth-order valence-corrected chi connectivity index (χ4v) is 3.03. The topological polar surface area (TPSA) is 78.5 Å². The van der Waals surface area contributed by atoms with E-state index in [0.717, 1.165) is 16.8 Å². The molecule has 6 heteroatoms. The maximum Gasteiger partial charge on any atom is 0.269 e. The predicted molar refractivity (Wildman–Crippen MR) is 98.4 cm³/mol. The highest BCUT2D eigenvalue weighted by atomic mass is 16.2. The molecule has 1 aliphatic rings. The first-order chi connectivity index (χ1) is 12.5. The van der Waals surface area contributed by atoms with E-state index in [0.29, 0.717) is 12.1 Å². The molecule has 0 saturated carbocycles. The molecule has 0 bridgehead atoms. The average molecular weight is 351 g/mol. The lowest BCUT2D eigenvalue weighted by molar-refractivity contribution is -0.126. The maximum atomic E-state index is 12.4. The van der Waals surface area contributed by atoms with E-state index in [4.69, 9.17) is 0 Å². The third-order valence-corrected chi connectivity index (χ3v) is 4.70. The van der Waals surface area contributed by atoms with Crippen LogP contribution < -0.4 is 15.8 Å². The molecular formula is C20H21N3O3. The number of hydrogen-bond acceptors (Lipinski definition) is 3. The molecule has 0 spiro atoms. The van der Waals surface area contributed by atoms with Gasteiger partial charge in [0.25, 0.3) is 5.91 Å². The zero-order valence-electron chi connectivity index (χ0n) is 14.8. The number of amides is 3. The van der Waals surface area contributed by atoms with Crippen LogP contribution in [0.15, 0.2) is 48.5 Å². The number of nitrogens with zero attached hydrogens (tertiary/aromatic N) is 1. The van der Waals surface area contributed by atoms with Gasteiger partial charge in [-0.3, -0.25) is 25.2 Å². The number of benzene rings is 2. The summed E-state index contributed by atoms with van der Waals surface area (Å²) in [7, 11) is 0. The van der Waals surface area contributed by atoms with E-state index in [1.54, 1.807) is 35.2 Å². The second-order valence-corrected chi connectivity index (χ2v) is 6.43. The fraction of sp³-hybridized carbons (Fsp3) is 0.250. The normalized spacial score (nSPS) is 16.5. The highest BCUT2D eigenvalue weighted by Crippen LogP contribution is 2.29. The van der Waals surface area contributed by atoms with Gasteiger partial charge in [-0.25, -0.2) is 0 Å². The van der Waals surface area contributed by atoms with Gasteiger partial charge < -0.3 is 4.90 Å². The smallest absolute Gasteiger partial charge is 0.269 e. The third kappa shape index (κ3) is 3.59. The van der Waals surface area contributed by atoms with Crippen LogP contribution in [-0.4, -0.2) is 24.3 Å². The minimum atomic E-state index is -0.501. The first-order valence-corrected chi connectivity index (χ1v) is 8.49. The van der Waals surface area contributed by atoms with Gasteiger partial charge in [-0.15, -0.1) is 0 Å². The summed E-state index contributed by atoms with van der Waals surface area (Å²) in [6.07, 6.45) is 0.125. The van der Waals surface area contributed by atoms with Crippen LogP contribution in [0.2, 0.25) is 0 Å². The molecule has 1 atom stereocenters. The van der Waals surface area contributed by atoms with E-state index in [1.807, 2.05) is 32.0 Å². The third-order valence-electron chi connectivity index (χ3n) is 4.70. The van der Waals surface area contributed by atoms with Crippen molar-refractivity contribution in [3.8, 4) is 0 Å². The Bertz CT molecular complexity index is 849. The van der Waals surface area contributed by atoms with Gasteiger partial charge >= 0.3 is 0 Å². The lowest BCUT2D eigenvalue weighted by atomic mass is 10.1.